The number of ether oxygens (including phenoxy) is 1. The van der Waals surface area contributed by atoms with E-state index >= 15 is 0 Å². The van der Waals surface area contributed by atoms with Crippen LogP contribution in [-0.4, -0.2) is 57.0 Å². The summed E-state index contributed by atoms with van der Waals surface area (Å²) in [7, 11) is 0. The van der Waals surface area contributed by atoms with Gasteiger partial charge in [-0.05, 0) is 78.4 Å². The van der Waals surface area contributed by atoms with Crippen molar-refractivity contribution in [2.45, 2.75) is 46.4 Å². The van der Waals surface area contributed by atoms with Gasteiger partial charge in [0.15, 0.2) is 0 Å². The van der Waals surface area contributed by atoms with Gasteiger partial charge in [0, 0.05) is 32.1 Å². The van der Waals surface area contributed by atoms with Crippen LogP contribution in [0, 0.1) is 6.92 Å². The molecule has 1 aliphatic heterocycles. The third-order valence-corrected chi connectivity index (χ3v) is 7.63. The molecule has 0 spiro atoms. The number of nitrogens with one attached hydrogen (secondary N) is 1. The Labute approximate surface area is 243 Å². The number of benzene rings is 3. The number of aromatic nitrogens is 2. The Kier molecular flexibility index (Phi) is 8.42. The van der Waals surface area contributed by atoms with Gasteiger partial charge >= 0.3 is 11.4 Å². The van der Waals surface area contributed by atoms with E-state index in [0.717, 1.165) is 39.0 Å². The minimum Gasteiger partial charge on any atom is -0.489 e. The van der Waals surface area contributed by atoms with E-state index in [0.29, 0.717) is 37.6 Å². The molecule has 1 fully saturated rings. The van der Waals surface area contributed by atoms with Crippen LogP contribution in [0.25, 0.3) is 11.1 Å². The predicted molar refractivity (Wildman–Crippen MR) is 157 cm³/mol. The molecule has 3 aromatic carbocycles. The first-order chi connectivity index (χ1) is 20.2. The highest BCUT2D eigenvalue weighted by Gasteiger charge is 2.31. The number of carbonyl (C=O) groups is 2. The number of nitrogens with zero attached hydrogens (tertiary/aromatic N) is 3. The Balaban J connectivity index is 1.21. The lowest BCUT2D eigenvalue weighted by molar-refractivity contribution is -0.130. The largest absolute Gasteiger partial charge is 0.489 e. The molecule has 0 saturated carbocycles. The number of hydrogen-bond acceptors (Lipinski definition) is 6. The summed E-state index contributed by atoms with van der Waals surface area (Å²) >= 11 is 0. The van der Waals surface area contributed by atoms with Crippen LogP contribution in [0.1, 0.15) is 47.3 Å². The van der Waals surface area contributed by atoms with Crippen molar-refractivity contribution < 1.29 is 18.8 Å². The monoisotopic (exact) mass is 570 g/mol. The standard InChI is InChI=1S/C32H34N4O6/c1-4-35(22(3)37)27-14-15-34(19-27)30(38)26-10-13-29(21(2)16-26)25-7-5-6-24(17-25)20-41-28-11-8-23(9-12-28)18-36-31(39)33-32(40)42-36/h5-13,16-17,27H,4,14-15,18-20H2,1-3H3,(H,33,39,40). The Bertz CT molecular complexity index is 1700. The zero-order valence-corrected chi connectivity index (χ0v) is 24.0. The molecule has 0 radical (unpaired) electrons. The quantitative estimate of drug-likeness (QED) is 0.327. The van der Waals surface area contributed by atoms with Crippen molar-refractivity contribution in [3.63, 3.8) is 0 Å². The first-order valence-electron chi connectivity index (χ1n) is 14.0. The maximum Gasteiger partial charge on any atom is 0.440 e. The zero-order chi connectivity index (χ0) is 29.8. The Hall–Kier alpha value is -4.86. The zero-order valence-electron chi connectivity index (χ0n) is 24.0. The molecule has 1 aromatic heterocycles. The Morgan fingerprint density at radius 3 is 2.50 bits per heavy atom. The third-order valence-electron chi connectivity index (χ3n) is 7.63. The number of likely N-dealkylation sites (N-methyl/N-ethyl adjacent to an activating group) is 1. The van der Waals surface area contributed by atoms with Crippen LogP contribution in [0.2, 0.25) is 0 Å². The lowest BCUT2D eigenvalue weighted by Crippen LogP contribution is -2.41. The normalized spacial score (nSPS) is 14.6. The van der Waals surface area contributed by atoms with Crippen molar-refractivity contribution in [2.75, 3.05) is 19.6 Å². The van der Waals surface area contributed by atoms with Crippen molar-refractivity contribution in [2.24, 2.45) is 0 Å². The SMILES string of the molecule is CCN(C(C)=O)C1CCN(C(=O)c2ccc(-c3cccc(COc4ccc(Cn5oc(=O)[nH]c5=O)cc4)c3)c(C)c2)C1. The van der Waals surface area contributed by atoms with Crippen LogP contribution < -0.4 is 16.2 Å². The lowest BCUT2D eigenvalue weighted by Gasteiger charge is -2.26. The molecule has 2 amide bonds. The van der Waals surface area contributed by atoms with Crippen LogP contribution in [0.15, 0.2) is 80.8 Å². The summed E-state index contributed by atoms with van der Waals surface area (Å²) in [5.74, 6) is -0.0831. The number of carbonyl (C=O) groups excluding carboxylic acids is 2. The fourth-order valence-corrected chi connectivity index (χ4v) is 5.49. The molecule has 10 nitrogen and oxygen atoms in total. The van der Waals surface area contributed by atoms with E-state index in [9.17, 15) is 19.2 Å². The number of likely N-dealkylation sites (tertiary alicyclic amines) is 1. The fraction of sp³-hybridized carbons (Fsp3) is 0.312. The number of aryl methyl sites for hydroxylation is 1. The third kappa shape index (κ3) is 6.38. The van der Waals surface area contributed by atoms with Gasteiger partial charge in [0.05, 0.1) is 12.6 Å². The number of aromatic amines is 1. The molecular formula is C32H34N4O6. The van der Waals surface area contributed by atoms with Gasteiger partial charge in [0.2, 0.25) is 5.91 Å². The minimum absolute atomic E-state index is 0.00960. The molecule has 2 heterocycles. The van der Waals surface area contributed by atoms with E-state index in [1.807, 2.05) is 72.2 Å². The molecule has 5 rings (SSSR count). The highest BCUT2D eigenvalue weighted by atomic mass is 16.5. The van der Waals surface area contributed by atoms with E-state index in [-0.39, 0.29) is 24.4 Å². The van der Waals surface area contributed by atoms with Crippen LogP contribution in [0.4, 0.5) is 0 Å². The maximum atomic E-state index is 13.2. The summed E-state index contributed by atoms with van der Waals surface area (Å²) in [5, 5.41) is 0. The van der Waals surface area contributed by atoms with Crippen molar-refractivity contribution in [1.82, 2.24) is 19.5 Å². The van der Waals surface area contributed by atoms with Crippen molar-refractivity contribution >= 4 is 11.8 Å². The minimum atomic E-state index is -0.785. The first kappa shape index (κ1) is 28.7. The molecule has 42 heavy (non-hydrogen) atoms. The van der Waals surface area contributed by atoms with Gasteiger partial charge in [-0.1, -0.05) is 36.4 Å². The number of H-pyrrole nitrogens is 1. The Morgan fingerprint density at radius 1 is 1.05 bits per heavy atom. The molecule has 1 atom stereocenters. The lowest BCUT2D eigenvalue weighted by atomic mass is 9.97. The van der Waals surface area contributed by atoms with Gasteiger partial charge in [-0.25, -0.2) is 14.6 Å². The number of rotatable bonds is 9. The highest BCUT2D eigenvalue weighted by molar-refractivity contribution is 5.95. The molecule has 10 heteroatoms. The van der Waals surface area contributed by atoms with Crippen molar-refractivity contribution in [3.05, 3.63) is 110 Å². The Morgan fingerprint density at radius 2 is 1.83 bits per heavy atom. The summed E-state index contributed by atoms with van der Waals surface area (Å²) in [6.07, 6.45) is 0.795. The first-order valence-corrected chi connectivity index (χ1v) is 14.0. The highest BCUT2D eigenvalue weighted by Crippen LogP contribution is 2.27. The average Bonchev–Trinajstić information content (AvgIpc) is 3.58. The van der Waals surface area contributed by atoms with E-state index in [1.54, 1.807) is 19.1 Å². The number of hydrogen-bond donors (Lipinski definition) is 1. The van der Waals surface area contributed by atoms with Gasteiger partial charge in [-0.15, -0.1) is 4.74 Å². The van der Waals surface area contributed by atoms with Gasteiger partial charge in [-0.3, -0.25) is 9.59 Å². The molecule has 1 N–H and O–H groups in total. The average molecular weight is 571 g/mol. The predicted octanol–water partition coefficient (Wildman–Crippen LogP) is 3.82. The molecule has 0 aliphatic carbocycles. The maximum absolute atomic E-state index is 13.2. The van der Waals surface area contributed by atoms with Crippen LogP contribution >= 0.6 is 0 Å². The second kappa shape index (κ2) is 12.3. The fourth-order valence-electron chi connectivity index (χ4n) is 5.49. The summed E-state index contributed by atoms with van der Waals surface area (Å²) in [4.78, 5) is 53.7. The van der Waals surface area contributed by atoms with Gasteiger partial charge < -0.3 is 19.1 Å². The molecule has 1 saturated heterocycles. The van der Waals surface area contributed by atoms with Crippen LogP contribution in [0.3, 0.4) is 0 Å². The smallest absolute Gasteiger partial charge is 0.440 e. The van der Waals surface area contributed by atoms with Crippen molar-refractivity contribution in [3.8, 4) is 16.9 Å². The summed E-state index contributed by atoms with van der Waals surface area (Å²) in [6.45, 7) is 7.90. The molecule has 218 valence electrons. The van der Waals surface area contributed by atoms with E-state index in [1.165, 1.54) is 0 Å². The molecule has 0 bridgehead atoms. The molecule has 1 unspecified atom stereocenters. The van der Waals surface area contributed by atoms with Crippen LogP contribution in [-0.2, 0) is 17.9 Å². The van der Waals surface area contributed by atoms with E-state index < -0.39 is 11.4 Å². The topological polar surface area (TPSA) is 118 Å². The van der Waals surface area contributed by atoms with E-state index in [2.05, 4.69) is 11.1 Å². The summed E-state index contributed by atoms with van der Waals surface area (Å²) in [5.41, 5.74) is 4.91. The van der Waals surface area contributed by atoms with Crippen molar-refractivity contribution in [1.29, 1.82) is 0 Å². The molecular weight excluding hydrogens is 536 g/mol. The second-order valence-corrected chi connectivity index (χ2v) is 10.5. The van der Waals surface area contributed by atoms with Gasteiger partial charge in [0.25, 0.3) is 5.91 Å². The van der Waals surface area contributed by atoms with Gasteiger partial charge in [0.1, 0.15) is 12.4 Å². The summed E-state index contributed by atoms with van der Waals surface area (Å²) in [6, 6.07) is 21.2. The van der Waals surface area contributed by atoms with Gasteiger partial charge in [-0.2, -0.15) is 0 Å². The number of amides is 2. The summed E-state index contributed by atoms with van der Waals surface area (Å²) < 4.78 is 11.7. The van der Waals surface area contributed by atoms with E-state index in [4.69, 9.17) is 9.26 Å². The molecule has 4 aromatic rings. The van der Waals surface area contributed by atoms with Crippen LogP contribution in [0.5, 0.6) is 5.75 Å². The second-order valence-electron chi connectivity index (χ2n) is 10.5. The molecule has 1 aliphatic rings.